The van der Waals surface area contributed by atoms with E-state index in [1.165, 1.54) is 0 Å². The van der Waals surface area contributed by atoms with Gasteiger partial charge in [-0.15, -0.1) is 0 Å². The Morgan fingerprint density at radius 2 is 0.473 bits per heavy atom. The van der Waals surface area contributed by atoms with Crippen molar-refractivity contribution in [3.05, 3.63) is 36.0 Å². The minimum atomic E-state index is -1.91. The molecule has 14 amide bonds. The fourth-order valence-electron chi connectivity index (χ4n) is 14.5. The molecular formula is C84H156N46O15S. The molecule has 0 aliphatic carbocycles. The second-order valence-electron chi connectivity index (χ2n) is 34.4. The third-order valence-electron chi connectivity index (χ3n) is 21.9. The minimum absolute atomic E-state index is 0.00818. The Balaban J connectivity index is 2.90. The molecule has 61 nitrogen and oxygen atoms in total. The van der Waals surface area contributed by atoms with Gasteiger partial charge in [0.25, 0.3) is 0 Å². The normalized spacial score (nSPS) is 13.7. The number of primary amides is 1. The van der Waals surface area contributed by atoms with Gasteiger partial charge in [-0.25, -0.2) is 0 Å². The molecule has 14 atom stereocenters. The molecule has 146 heavy (non-hydrogen) atoms. The number of para-hydroxylation sites is 1. The van der Waals surface area contributed by atoms with Crippen LogP contribution in [-0.4, -0.2) is 322 Å². The van der Waals surface area contributed by atoms with E-state index in [1.54, 1.807) is 25.4 Å². The summed E-state index contributed by atoms with van der Waals surface area (Å²) in [7, 11) is 1.59. The van der Waals surface area contributed by atoms with Crippen molar-refractivity contribution in [1.29, 1.82) is 54.1 Å². The van der Waals surface area contributed by atoms with Crippen LogP contribution in [-0.2, 0) is 73.5 Å². The molecule has 2 rings (SSSR count). The molecule has 0 aliphatic heterocycles. The van der Waals surface area contributed by atoms with Crippen molar-refractivity contribution >= 4 is 166 Å². The highest BCUT2D eigenvalue weighted by Gasteiger charge is 2.39. The van der Waals surface area contributed by atoms with E-state index >= 15 is 28.8 Å². The van der Waals surface area contributed by atoms with E-state index in [2.05, 4.69) is 145 Å². The lowest BCUT2D eigenvalue weighted by Gasteiger charge is -2.29. The van der Waals surface area contributed by atoms with Gasteiger partial charge in [-0.3, -0.25) is 121 Å². The fraction of sp³-hybridized carbons (Fsp3) is 0.619. The fourth-order valence-corrected chi connectivity index (χ4v) is 14.7. The molecule has 0 bridgehead atoms. The van der Waals surface area contributed by atoms with Crippen LogP contribution in [0, 0.1) is 60.0 Å². The first kappa shape index (κ1) is 126. The van der Waals surface area contributed by atoms with E-state index in [0.717, 1.165) is 10.9 Å². The lowest BCUT2D eigenvalue weighted by atomic mass is 10.0. The van der Waals surface area contributed by atoms with E-state index in [1.807, 2.05) is 26.0 Å². The Labute approximate surface area is 850 Å². The third-order valence-corrected chi connectivity index (χ3v) is 22.3. The molecule has 1 aromatic carbocycles. The highest BCUT2D eigenvalue weighted by atomic mass is 32.1. The van der Waals surface area contributed by atoms with Crippen LogP contribution < -0.4 is 191 Å². The van der Waals surface area contributed by atoms with Crippen molar-refractivity contribution in [2.75, 3.05) is 84.9 Å². The molecule has 2 aromatic rings. The van der Waals surface area contributed by atoms with Gasteiger partial charge in [0.05, 0.1) is 12.6 Å². The number of hydrogen-bond acceptors (Lipinski definition) is 27. The van der Waals surface area contributed by atoms with Crippen LogP contribution >= 0.6 is 12.6 Å². The average molecular weight is 2080 g/mol. The zero-order chi connectivity index (χ0) is 110. The molecule has 0 saturated heterocycles. The number of thiol groups is 1. The van der Waals surface area contributed by atoms with Crippen molar-refractivity contribution in [3.8, 4) is 0 Å². The maximum absolute atomic E-state index is 15.3. The summed E-state index contributed by atoms with van der Waals surface area (Å²) in [5, 5.41) is 152. The number of likely N-dealkylation sites (N-methyl/N-ethyl adjacent to an activating group) is 1. The van der Waals surface area contributed by atoms with Gasteiger partial charge in [0.1, 0.15) is 78.5 Å². The molecule has 0 fully saturated rings. The van der Waals surface area contributed by atoms with Crippen LogP contribution in [0.15, 0.2) is 30.5 Å². The summed E-state index contributed by atoms with van der Waals surface area (Å²) >= 11 is 4.10. The van der Waals surface area contributed by atoms with Crippen LogP contribution in [0.2, 0.25) is 0 Å². The summed E-state index contributed by atoms with van der Waals surface area (Å²) in [6.07, 6.45) is -1.13. The summed E-state index contributed by atoms with van der Waals surface area (Å²) in [6.45, 7) is 2.03. The highest BCUT2D eigenvalue weighted by molar-refractivity contribution is 7.80. The zero-order valence-corrected chi connectivity index (χ0v) is 83.4. The first-order valence-electron chi connectivity index (χ1n) is 47.6. The number of benzene rings is 1. The number of H-pyrrole nitrogens is 1. The lowest BCUT2D eigenvalue weighted by Crippen LogP contribution is -2.61. The predicted molar refractivity (Wildman–Crippen MR) is 551 cm³/mol. The van der Waals surface area contributed by atoms with Crippen molar-refractivity contribution in [1.82, 2.24) is 133 Å². The maximum Gasteiger partial charge on any atom is 0.245 e. The topological polar surface area (TPSA) is 1090 Å². The maximum atomic E-state index is 15.3. The number of guanidine groups is 10. The van der Waals surface area contributed by atoms with Crippen LogP contribution in [0.5, 0.6) is 0 Å². The summed E-state index contributed by atoms with van der Waals surface area (Å²) < 4.78 is 0. The van der Waals surface area contributed by atoms with Gasteiger partial charge in [0.2, 0.25) is 82.7 Å². The smallest absolute Gasteiger partial charge is 0.245 e. The number of carbonyl (C=O) groups is 14. The lowest BCUT2D eigenvalue weighted by molar-refractivity contribution is -0.136. The standard InChI is InChI=1S/C84H156N46O15S/c1-43(2)38-57(106-3)72(143)128-58(39-44-40-117-46-17-5-4-16-45(44)46)73(144)126-55(26-14-36-115-83(102)103)70(141)129-59(41-131)74(145)127-54(25-13-35-114-82(100)101)69(140)124-52(23-11-33-112-80(96)97)67(138)122-50(21-9-31-110-78(92)93)65(136)120-48(19-7-29-108-76(88)89)63(134)118-47(18-6-28-107-75(86)87)62(133)119-49(20-8-30-109-77(90)91)64(135)121-51(22-10-32-111-79(94)95)66(137)123-53(24-12-34-113-81(98)99)68(139)125-56(27-15-37-116-84(104)105)71(142)130-60(42-146)61(85)132/h4-5,16-17,40,43,47-60,106,117,131,146H,6-15,18-39,41-42H2,1-3H3,(H2,85,132)(H,118,134)(H,119,133)(H,120,136)(H,121,135)(H,122,138)(H,123,137)(H,124,140)(H,125,139)(H,126,144)(H,127,145)(H,128,143)(H,129,141)(H,130,142)(H4,86,87,107)(H4,88,89,108)(H4,90,91,109)(H4,92,93,110)(H4,94,95,111)(H4,96,97,112)(H4,98,99,113)(H4,100,101,114)(H4,102,103,115)(H4,104,105,116)/t47-,48-,49-,50-,51-,52-,53-,54-,55+,56-,57+,58+,59+,60-/m1/s1. The van der Waals surface area contributed by atoms with E-state index in [-0.39, 0.29) is 212 Å². The van der Waals surface area contributed by atoms with Crippen molar-refractivity contribution in [2.45, 2.75) is 240 Å². The average Bonchev–Trinajstić information content (AvgIpc) is 1.68. The number of rotatable bonds is 74. The van der Waals surface area contributed by atoms with Crippen LogP contribution in [0.4, 0.5) is 0 Å². The molecule has 0 unspecified atom stereocenters. The zero-order valence-electron chi connectivity index (χ0n) is 82.5. The van der Waals surface area contributed by atoms with Gasteiger partial charge in [-0.2, -0.15) is 12.6 Å². The quantitative estimate of drug-likeness (QED) is 0.0127. The largest absolute Gasteiger partial charge is 0.394 e. The number of aliphatic hydroxyl groups is 1. The van der Waals surface area contributed by atoms with E-state index < -0.39 is 233 Å². The number of aromatic amines is 1. The van der Waals surface area contributed by atoms with Gasteiger partial charge in [0.15, 0.2) is 59.6 Å². The number of aromatic nitrogens is 1. The van der Waals surface area contributed by atoms with E-state index in [4.69, 9.17) is 117 Å². The van der Waals surface area contributed by atoms with Crippen LogP contribution in [0.1, 0.15) is 154 Å². The minimum Gasteiger partial charge on any atom is -0.394 e. The third kappa shape index (κ3) is 54.0. The van der Waals surface area contributed by atoms with Crippen molar-refractivity contribution < 1.29 is 72.2 Å². The molecule has 0 saturated carbocycles. The molecule has 0 spiro atoms. The highest BCUT2D eigenvalue weighted by Crippen LogP contribution is 2.21. The van der Waals surface area contributed by atoms with Gasteiger partial charge in [-0.05, 0) is 159 Å². The molecule has 62 heteroatoms. The second-order valence-corrected chi connectivity index (χ2v) is 34.8. The molecular weight excluding hydrogens is 1930 g/mol. The molecule has 1 heterocycles. The SMILES string of the molecule is CN[C@@H](CC(C)C)C(=O)N[C@@H](Cc1c[nH]c2ccccc12)C(=O)N[C@@H](CCCNC(=N)N)C(=O)N[C@@H](CO)C(=O)N[C@H](CCCNC(=N)N)C(=O)N[C@H](CCCNC(=N)N)C(=O)N[C@H](CCCNC(=N)N)C(=O)N[C@H](CCCNC(=N)N)C(=O)N[C@H](CCCNC(=N)N)C(=O)N[C@H](CCCNC(=N)N)C(=O)N[C@H](CCCNC(=N)N)C(=O)N[C@H](CCCNC(=N)N)C(=O)N[C@H](CCCNC(=N)N)C(=O)N[C@H](CS)C(N)=O. The molecule has 0 aliphatic rings. The Morgan fingerprint density at radius 3 is 0.664 bits per heavy atom. The number of amides is 14. The van der Waals surface area contributed by atoms with Crippen molar-refractivity contribution in [2.24, 2.45) is 69.0 Å². The van der Waals surface area contributed by atoms with E-state index in [0.29, 0.717) is 12.0 Å². The summed E-state index contributed by atoms with van der Waals surface area (Å²) in [5.74, 6) is -18.9. The summed E-state index contributed by atoms with van der Waals surface area (Å²) in [4.78, 5) is 208. The Kier molecular flexibility index (Phi) is 60.6. The monoisotopic (exact) mass is 2080 g/mol. The Bertz CT molecular complexity index is 4680. The van der Waals surface area contributed by atoms with Crippen LogP contribution in [0.25, 0.3) is 10.9 Å². The van der Waals surface area contributed by atoms with Gasteiger partial charge >= 0.3 is 0 Å². The van der Waals surface area contributed by atoms with Gasteiger partial charge < -0.3 is 201 Å². The second kappa shape index (κ2) is 70.1. The predicted octanol–water partition coefficient (Wildman–Crippen LogP) is -13.3. The first-order chi connectivity index (χ1) is 69.1. The Hall–Kier alpha value is -15.7. The summed E-state index contributed by atoms with van der Waals surface area (Å²) in [5.41, 5.74) is 62.7. The summed E-state index contributed by atoms with van der Waals surface area (Å²) in [6, 6.07) is -14.5. The number of aliphatic hydroxyl groups excluding tert-OH is 1. The molecule has 0 radical (unpaired) electrons. The first-order valence-corrected chi connectivity index (χ1v) is 48.2. The van der Waals surface area contributed by atoms with Gasteiger partial charge in [0, 0.05) is 94.7 Å². The number of carbonyl (C=O) groups excluding carboxylic acids is 14. The van der Waals surface area contributed by atoms with E-state index in [9.17, 15) is 43.5 Å². The van der Waals surface area contributed by atoms with Crippen LogP contribution in [0.3, 0.4) is 0 Å². The number of hydrogen-bond donors (Lipinski definition) is 48. The van der Waals surface area contributed by atoms with Crippen molar-refractivity contribution in [3.63, 3.8) is 0 Å². The van der Waals surface area contributed by atoms with Gasteiger partial charge in [-0.1, -0.05) is 32.0 Å². The Morgan fingerprint density at radius 1 is 0.288 bits per heavy atom. The molecule has 818 valence electrons. The number of fused-ring (bicyclic) bond motifs is 1. The molecule has 58 N–H and O–H groups in total. The number of nitrogens with one attached hydrogen (secondary N) is 35. The number of nitrogens with two attached hydrogens (primary N) is 11. The molecule has 1 aromatic heterocycles.